The van der Waals surface area contributed by atoms with Crippen molar-refractivity contribution < 1.29 is 22.8 Å². The molecule has 2 aliphatic rings. The van der Waals surface area contributed by atoms with Crippen LogP contribution in [0.25, 0.3) is 10.9 Å². The van der Waals surface area contributed by atoms with Crippen molar-refractivity contribution in [3.63, 3.8) is 0 Å². The maximum Gasteiger partial charge on any atom is 0.433 e. The van der Waals surface area contributed by atoms with Crippen molar-refractivity contribution in [1.82, 2.24) is 24.6 Å². The molecule has 1 amide bonds. The van der Waals surface area contributed by atoms with Gasteiger partial charge >= 0.3 is 6.18 Å². The summed E-state index contributed by atoms with van der Waals surface area (Å²) in [5.74, 6) is -0.473. The molecule has 0 N–H and O–H groups in total. The molecule has 3 heterocycles. The molecule has 5 rings (SSSR count). The molecular formula is C26H28F3N5O2. The van der Waals surface area contributed by atoms with Crippen LogP contribution in [0.1, 0.15) is 47.4 Å². The molecule has 10 heteroatoms. The first-order valence-electron chi connectivity index (χ1n) is 12.3. The largest absolute Gasteiger partial charge is 0.433 e. The topological polar surface area (TPSA) is 71.3 Å². The predicted octanol–water partition coefficient (Wildman–Crippen LogP) is 3.96. The van der Waals surface area contributed by atoms with Gasteiger partial charge in [0.05, 0.1) is 5.52 Å². The fourth-order valence-electron chi connectivity index (χ4n) is 5.19. The number of fused-ring (bicyclic) bond motifs is 1. The number of aromatic nitrogens is 3. The number of halogens is 3. The van der Waals surface area contributed by atoms with Crippen molar-refractivity contribution in [3.8, 4) is 0 Å². The van der Waals surface area contributed by atoms with E-state index in [9.17, 15) is 22.8 Å². The van der Waals surface area contributed by atoms with Gasteiger partial charge in [0.15, 0.2) is 5.78 Å². The third-order valence-corrected chi connectivity index (χ3v) is 7.11. The molecule has 1 aliphatic carbocycles. The summed E-state index contributed by atoms with van der Waals surface area (Å²) in [6, 6.07) is 9.22. The van der Waals surface area contributed by atoms with Gasteiger partial charge in [0.1, 0.15) is 17.9 Å². The maximum absolute atomic E-state index is 12.9. The number of alkyl halides is 3. The molecule has 7 nitrogen and oxygen atoms in total. The second kappa shape index (κ2) is 10.0. The highest BCUT2D eigenvalue weighted by Gasteiger charge is 2.33. The first kappa shape index (κ1) is 24.4. The van der Waals surface area contributed by atoms with Gasteiger partial charge in [0.25, 0.3) is 0 Å². The molecular weight excluding hydrogens is 471 g/mol. The lowest BCUT2D eigenvalue weighted by atomic mass is 10.0. The number of rotatable bonds is 6. The Morgan fingerprint density at radius 3 is 2.47 bits per heavy atom. The van der Waals surface area contributed by atoms with Crippen molar-refractivity contribution in [3.05, 3.63) is 59.5 Å². The normalized spacial score (nSPS) is 17.7. The fourth-order valence-corrected chi connectivity index (χ4v) is 5.19. The summed E-state index contributed by atoms with van der Waals surface area (Å²) < 4.78 is 40.3. The van der Waals surface area contributed by atoms with E-state index in [1.807, 2.05) is 4.90 Å². The second-order valence-electron chi connectivity index (χ2n) is 9.58. The molecule has 1 aliphatic heterocycles. The SMILES string of the molecule is O=C(Cc1ccc2nn(CC(=O)N3CCN(C4CCCC4)CC3)cc2c1)c1cccc(C(F)(F)F)n1. The van der Waals surface area contributed by atoms with E-state index < -0.39 is 17.7 Å². The minimum absolute atomic E-state index is 0.0277. The molecule has 190 valence electrons. The molecule has 2 aromatic heterocycles. The average molecular weight is 500 g/mol. The second-order valence-corrected chi connectivity index (χ2v) is 9.58. The summed E-state index contributed by atoms with van der Waals surface area (Å²) >= 11 is 0. The number of ketones is 1. The molecule has 36 heavy (non-hydrogen) atoms. The Balaban J connectivity index is 1.20. The first-order chi connectivity index (χ1) is 17.3. The Kier molecular flexibility index (Phi) is 6.79. The molecule has 0 radical (unpaired) electrons. The zero-order valence-corrected chi connectivity index (χ0v) is 19.9. The molecule has 1 aromatic carbocycles. The number of piperazine rings is 1. The highest BCUT2D eigenvalue weighted by molar-refractivity contribution is 5.96. The van der Waals surface area contributed by atoms with Gasteiger partial charge in [-0.25, -0.2) is 4.98 Å². The third-order valence-electron chi connectivity index (χ3n) is 7.11. The van der Waals surface area contributed by atoms with Crippen molar-refractivity contribution in [2.24, 2.45) is 0 Å². The monoisotopic (exact) mass is 499 g/mol. The summed E-state index contributed by atoms with van der Waals surface area (Å²) in [4.78, 5) is 33.3. The van der Waals surface area contributed by atoms with E-state index >= 15 is 0 Å². The Hall–Kier alpha value is -3.27. The van der Waals surface area contributed by atoms with Gasteiger partial charge in [-0.2, -0.15) is 18.3 Å². The number of carbonyl (C=O) groups excluding carboxylic acids is 2. The Bertz CT molecular complexity index is 1260. The van der Waals surface area contributed by atoms with Gasteiger partial charge < -0.3 is 4.90 Å². The highest BCUT2D eigenvalue weighted by Crippen LogP contribution is 2.28. The molecule has 1 saturated carbocycles. The van der Waals surface area contributed by atoms with Crippen molar-refractivity contribution in [2.75, 3.05) is 26.2 Å². The van der Waals surface area contributed by atoms with Crippen LogP contribution in [0.2, 0.25) is 0 Å². The van der Waals surface area contributed by atoms with Crippen molar-refractivity contribution >= 4 is 22.6 Å². The lowest BCUT2D eigenvalue weighted by molar-refractivity contribution is -0.141. The lowest BCUT2D eigenvalue weighted by Gasteiger charge is -2.38. The number of amides is 1. The summed E-state index contributed by atoms with van der Waals surface area (Å²) in [7, 11) is 0. The van der Waals surface area contributed by atoms with E-state index in [1.165, 1.54) is 37.8 Å². The van der Waals surface area contributed by atoms with Crippen LogP contribution in [0.3, 0.4) is 0 Å². The van der Waals surface area contributed by atoms with Crippen LogP contribution in [-0.4, -0.2) is 68.5 Å². The van der Waals surface area contributed by atoms with Gasteiger partial charge in [0, 0.05) is 50.2 Å². The van der Waals surface area contributed by atoms with Crippen LogP contribution in [0, 0.1) is 0 Å². The standard InChI is InChI=1S/C26H28F3N5O2/c27-26(28,29)24-7-3-6-22(30-24)23(35)15-18-8-9-21-19(14-18)16-34(31-21)17-25(36)33-12-10-32(11-13-33)20-4-1-2-5-20/h3,6-9,14,16,20H,1-2,4-5,10-13,15,17H2. The number of nitrogens with zero attached hydrogens (tertiary/aromatic N) is 5. The third kappa shape index (κ3) is 5.43. The molecule has 1 saturated heterocycles. The van der Waals surface area contributed by atoms with Crippen molar-refractivity contribution in [2.45, 2.75) is 50.9 Å². The number of benzene rings is 1. The summed E-state index contributed by atoms with van der Waals surface area (Å²) in [5, 5.41) is 5.24. The van der Waals surface area contributed by atoms with Crippen LogP contribution >= 0.6 is 0 Å². The number of pyridine rings is 1. The first-order valence-corrected chi connectivity index (χ1v) is 12.3. The zero-order valence-electron chi connectivity index (χ0n) is 19.9. The van der Waals surface area contributed by atoms with E-state index in [-0.39, 0.29) is 24.6 Å². The van der Waals surface area contributed by atoms with Crippen LogP contribution < -0.4 is 0 Å². The lowest BCUT2D eigenvalue weighted by Crippen LogP contribution is -2.52. The van der Waals surface area contributed by atoms with E-state index in [1.54, 1.807) is 29.1 Å². The zero-order chi connectivity index (χ0) is 25.3. The number of Topliss-reactive ketones (excluding diaryl/α,β-unsaturated/α-hetero) is 1. The van der Waals surface area contributed by atoms with Crippen LogP contribution in [0.15, 0.2) is 42.6 Å². The number of carbonyl (C=O) groups is 2. The van der Waals surface area contributed by atoms with E-state index in [0.717, 1.165) is 37.6 Å². The smallest absolute Gasteiger partial charge is 0.339 e. The fraction of sp³-hybridized carbons (Fsp3) is 0.462. The van der Waals surface area contributed by atoms with E-state index in [0.29, 0.717) is 17.1 Å². The highest BCUT2D eigenvalue weighted by atomic mass is 19.4. The molecule has 3 aromatic rings. The predicted molar refractivity (Wildman–Crippen MR) is 127 cm³/mol. The molecule has 0 unspecified atom stereocenters. The molecule has 2 fully saturated rings. The van der Waals surface area contributed by atoms with Gasteiger partial charge in [0.2, 0.25) is 5.91 Å². The minimum atomic E-state index is -4.61. The van der Waals surface area contributed by atoms with Gasteiger partial charge in [-0.3, -0.25) is 19.2 Å². The van der Waals surface area contributed by atoms with E-state index in [4.69, 9.17) is 0 Å². The quantitative estimate of drug-likeness (QED) is 0.480. The molecule has 0 bridgehead atoms. The Morgan fingerprint density at radius 1 is 1.00 bits per heavy atom. The van der Waals surface area contributed by atoms with Gasteiger partial charge in [-0.1, -0.05) is 25.0 Å². The summed E-state index contributed by atoms with van der Waals surface area (Å²) in [6.45, 7) is 3.42. The van der Waals surface area contributed by atoms with E-state index in [2.05, 4.69) is 15.0 Å². The van der Waals surface area contributed by atoms with Gasteiger partial charge in [-0.15, -0.1) is 0 Å². The molecule has 0 spiro atoms. The number of hydrogen-bond acceptors (Lipinski definition) is 5. The Morgan fingerprint density at radius 2 is 1.75 bits per heavy atom. The van der Waals surface area contributed by atoms with Crippen LogP contribution in [0.5, 0.6) is 0 Å². The van der Waals surface area contributed by atoms with Crippen LogP contribution in [0.4, 0.5) is 13.2 Å². The number of hydrogen-bond donors (Lipinski definition) is 0. The van der Waals surface area contributed by atoms with Crippen molar-refractivity contribution in [1.29, 1.82) is 0 Å². The average Bonchev–Trinajstić information content (AvgIpc) is 3.53. The molecule has 0 atom stereocenters. The van der Waals surface area contributed by atoms with Crippen LogP contribution in [-0.2, 0) is 23.9 Å². The Labute approximate surface area is 206 Å². The summed E-state index contributed by atoms with van der Waals surface area (Å²) in [6.07, 6.45) is 2.20. The maximum atomic E-state index is 12.9. The van der Waals surface area contributed by atoms with Gasteiger partial charge in [-0.05, 0) is 42.7 Å². The summed E-state index contributed by atoms with van der Waals surface area (Å²) in [5.41, 5.74) is 0.0109. The minimum Gasteiger partial charge on any atom is -0.339 e.